The average molecular weight is 302 g/mol. The van der Waals surface area contributed by atoms with E-state index < -0.39 is 0 Å². The van der Waals surface area contributed by atoms with Crippen molar-refractivity contribution >= 4 is 24.2 Å². The molecular weight excluding hydrogens is 282 g/mol. The quantitative estimate of drug-likeness (QED) is 0.617. The fraction of sp³-hybridized carbons (Fsp3) is 0.385. The van der Waals surface area contributed by atoms with Crippen LogP contribution in [0.5, 0.6) is 5.75 Å². The summed E-state index contributed by atoms with van der Waals surface area (Å²) < 4.78 is 5.51. The number of carbonyl (C=O) groups excluding carboxylic acids is 2. The van der Waals surface area contributed by atoms with E-state index in [9.17, 15) is 9.59 Å². The van der Waals surface area contributed by atoms with Crippen molar-refractivity contribution in [3.63, 3.8) is 0 Å². The summed E-state index contributed by atoms with van der Waals surface area (Å²) in [5.74, 6) is 0.176. The van der Waals surface area contributed by atoms with Crippen LogP contribution in [0.4, 0.5) is 0 Å². The van der Waals surface area contributed by atoms with Gasteiger partial charge in [0.25, 0.3) is 0 Å². The highest BCUT2D eigenvalue weighted by Crippen LogP contribution is 2.15. The minimum absolute atomic E-state index is 0. The average Bonchev–Trinajstić information content (AvgIpc) is 2.42. The zero-order valence-corrected chi connectivity index (χ0v) is 12.2. The summed E-state index contributed by atoms with van der Waals surface area (Å²) in [6, 6.07) is 7.66. The second-order valence-corrected chi connectivity index (χ2v) is 3.94. The number of benzene rings is 1. The summed E-state index contributed by atoms with van der Waals surface area (Å²) in [5.41, 5.74) is 6.14. The topological polar surface area (TPSA) is 93.5 Å². The Hall–Kier alpha value is -1.79. The van der Waals surface area contributed by atoms with Crippen LogP contribution in [0, 0.1) is 6.92 Å². The van der Waals surface area contributed by atoms with Gasteiger partial charge in [0, 0.05) is 0 Å². The van der Waals surface area contributed by atoms with Gasteiger partial charge in [0.2, 0.25) is 11.8 Å². The Balaban J connectivity index is 0.00000361. The number of carbonyl (C=O) groups is 2. The molecule has 4 N–H and O–H groups in total. The molecule has 2 amide bonds. The zero-order chi connectivity index (χ0) is 14.1. The molecule has 0 atom stereocenters. The zero-order valence-electron chi connectivity index (χ0n) is 11.3. The normalized spacial score (nSPS) is 9.30. The van der Waals surface area contributed by atoms with E-state index in [2.05, 4.69) is 10.6 Å². The number of hydrogen-bond donors (Lipinski definition) is 3. The van der Waals surface area contributed by atoms with Crippen LogP contribution in [0.2, 0.25) is 0 Å². The molecule has 0 heterocycles. The number of hydrogen-bond acceptors (Lipinski definition) is 4. The van der Waals surface area contributed by atoms with Crippen LogP contribution in [0.3, 0.4) is 0 Å². The molecule has 1 aromatic carbocycles. The number of rotatable bonds is 7. The third-order valence-electron chi connectivity index (χ3n) is 2.41. The summed E-state index contributed by atoms with van der Waals surface area (Å²) in [6.07, 6.45) is 0. The van der Waals surface area contributed by atoms with Crippen LogP contribution in [0.25, 0.3) is 0 Å². The van der Waals surface area contributed by atoms with E-state index >= 15 is 0 Å². The van der Waals surface area contributed by atoms with E-state index in [1.807, 2.05) is 31.2 Å². The van der Waals surface area contributed by atoms with Crippen LogP contribution in [-0.2, 0) is 9.59 Å². The van der Waals surface area contributed by atoms with E-state index in [-0.39, 0.29) is 37.3 Å². The Kier molecular flexibility index (Phi) is 9.15. The van der Waals surface area contributed by atoms with Gasteiger partial charge in [0.05, 0.1) is 19.6 Å². The standard InChI is InChI=1S/C13H19N3O3.ClH/c1-10-4-2-3-5-11(10)19-7-6-15-13(18)9-16-12(17)8-14;/h2-5H,6-9,14H2,1H3,(H,15,18)(H,16,17);1H. The maximum Gasteiger partial charge on any atom is 0.239 e. The SMILES string of the molecule is Cc1ccccc1OCCNC(=O)CNC(=O)CN.Cl. The Morgan fingerprint density at radius 2 is 1.90 bits per heavy atom. The molecule has 6 nitrogen and oxygen atoms in total. The van der Waals surface area contributed by atoms with Crippen molar-refractivity contribution in [3.8, 4) is 5.75 Å². The van der Waals surface area contributed by atoms with Gasteiger partial charge >= 0.3 is 0 Å². The van der Waals surface area contributed by atoms with E-state index in [1.54, 1.807) is 0 Å². The Bertz CT molecular complexity index is 441. The third-order valence-corrected chi connectivity index (χ3v) is 2.41. The lowest BCUT2D eigenvalue weighted by Gasteiger charge is -2.10. The van der Waals surface area contributed by atoms with Crippen molar-refractivity contribution < 1.29 is 14.3 Å². The number of ether oxygens (including phenoxy) is 1. The van der Waals surface area contributed by atoms with Crippen molar-refractivity contribution in [2.24, 2.45) is 5.73 Å². The molecule has 0 aliphatic rings. The van der Waals surface area contributed by atoms with E-state index in [4.69, 9.17) is 10.5 Å². The van der Waals surface area contributed by atoms with Gasteiger partial charge in [-0.25, -0.2) is 0 Å². The molecule has 1 rings (SSSR count). The molecule has 0 saturated carbocycles. The molecular formula is C13H20ClN3O3. The molecule has 0 aliphatic heterocycles. The number of para-hydroxylation sites is 1. The summed E-state index contributed by atoms with van der Waals surface area (Å²) in [6.45, 7) is 2.52. The van der Waals surface area contributed by atoms with Crippen LogP contribution in [0.15, 0.2) is 24.3 Å². The molecule has 0 aromatic heterocycles. The first-order valence-electron chi connectivity index (χ1n) is 6.05. The largest absolute Gasteiger partial charge is 0.491 e. The van der Waals surface area contributed by atoms with Crippen molar-refractivity contribution in [1.29, 1.82) is 0 Å². The molecule has 0 fully saturated rings. The maximum absolute atomic E-state index is 11.3. The van der Waals surface area contributed by atoms with Crippen molar-refractivity contribution in [2.45, 2.75) is 6.92 Å². The van der Waals surface area contributed by atoms with Crippen LogP contribution in [-0.4, -0.2) is 38.1 Å². The molecule has 112 valence electrons. The lowest BCUT2D eigenvalue weighted by Crippen LogP contribution is -2.40. The number of halogens is 1. The minimum Gasteiger partial charge on any atom is -0.491 e. The van der Waals surface area contributed by atoms with E-state index in [0.717, 1.165) is 11.3 Å². The highest BCUT2D eigenvalue weighted by molar-refractivity contribution is 5.85. The van der Waals surface area contributed by atoms with Gasteiger partial charge in [-0.05, 0) is 18.6 Å². The highest BCUT2D eigenvalue weighted by Gasteiger charge is 2.03. The van der Waals surface area contributed by atoms with Crippen molar-refractivity contribution in [2.75, 3.05) is 26.2 Å². The first kappa shape index (κ1) is 18.2. The summed E-state index contributed by atoms with van der Waals surface area (Å²) in [4.78, 5) is 22.1. The summed E-state index contributed by atoms with van der Waals surface area (Å²) in [7, 11) is 0. The molecule has 0 spiro atoms. The predicted octanol–water partition coefficient (Wildman–Crippen LogP) is -0.0133. The number of amides is 2. The lowest BCUT2D eigenvalue weighted by molar-refractivity contribution is -0.125. The van der Waals surface area contributed by atoms with Gasteiger partial charge in [-0.2, -0.15) is 0 Å². The molecule has 0 unspecified atom stereocenters. The number of nitrogens with two attached hydrogens (primary N) is 1. The monoisotopic (exact) mass is 301 g/mol. The predicted molar refractivity (Wildman–Crippen MR) is 79.0 cm³/mol. The van der Waals surface area contributed by atoms with Crippen LogP contribution < -0.4 is 21.1 Å². The fourth-order valence-corrected chi connectivity index (χ4v) is 1.38. The van der Waals surface area contributed by atoms with Gasteiger partial charge in [-0.3, -0.25) is 9.59 Å². The van der Waals surface area contributed by atoms with E-state index in [1.165, 1.54) is 0 Å². The lowest BCUT2D eigenvalue weighted by atomic mass is 10.2. The van der Waals surface area contributed by atoms with E-state index in [0.29, 0.717) is 13.2 Å². The first-order chi connectivity index (χ1) is 9.13. The molecule has 7 heteroatoms. The number of nitrogens with one attached hydrogen (secondary N) is 2. The second-order valence-electron chi connectivity index (χ2n) is 3.94. The summed E-state index contributed by atoms with van der Waals surface area (Å²) >= 11 is 0. The Morgan fingerprint density at radius 3 is 2.55 bits per heavy atom. The van der Waals surface area contributed by atoms with Crippen molar-refractivity contribution in [3.05, 3.63) is 29.8 Å². The van der Waals surface area contributed by atoms with Gasteiger partial charge in [-0.1, -0.05) is 18.2 Å². The Morgan fingerprint density at radius 1 is 1.20 bits per heavy atom. The fourth-order valence-electron chi connectivity index (χ4n) is 1.38. The third kappa shape index (κ3) is 6.96. The maximum atomic E-state index is 11.3. The smallest absolute Gasteiger partial charge is 0.239 e. The first-order valence-corrected chi connectivity index (χ1v) is 6.05. The Labute approximate surface area is 124 Å². The minimum atomic E-state index is -0.355. The van der Waals surface area contributed by atoms with Gasteiger partial charge in [0.1, 0.15) is 12.4 Å². The van der Waals surface area contributed by atoms with Gasteiger partial charge in [-0.15, -0.1) is 12.4 Å². The highest BCUT2D eigenvalue weighted by atomic mass is 35.5. The molecule has 0 bridgehead atoms. The van der Waals surface area contributed by atoms with Crippen LogP contribution in [0.1, 0.15) is 5.56 Å². The second kappa shape index (κ2) is 10.1. The molecule has 0 saturated heterocycles. The number of aryl methyl sites for hydroxylation is 1. The molecule has 0 aliphatic carbocycles. The van der Waals surface area contributed by atoms with Gasteiger partial charge in [0.15, 0.2) is 0 Å². The molecule has 1 aromatic rings. The molecule has 0 radical (unpaired) electrons. The summed E-state index contributed by atoms with van der Waals surface area (Å²) in [5, 5.41) is 5.02. The molecule has 20 heavy (non-hydrogen) atoms. The van der Waals surface area contributed by atoms with Gasteiger partial charge < -0.3 is 21.1 Å². The van der Waals surface area contributed by atoms with Crippen LogP contribution >= 0.6 is 12.4 Å². The van der Waals surface area contributed by atoms with Crippen molar-refractivity contribution in [1.82, 2.24) is 10.6 Å².